The summed E-state index contributed by atoms with van der Waals surface area (Å²) in [5, 5.41) is 0.583. The van der Waals surface area contributed by atoms with E-state index in [0.717, 1.165) is 11.1 Å². The van der Waals surface area contributed by atoms with E-state index in [1.807, 2.05) is 44.2 Å². The summed E-state index contributed by atoms with van der Waals surface area (Å²) in [4.78, 5) is 8.23. The first-order valence-electron chi connectivity index (χ1n) is 8.23. The van der Waals surface area contributed by atoms with Crippen LogP contribution in [0.1, 0.15) is 13.8 Å². The highest BCUT2D eigenvalue weighted by atomic mass is 19.1. The molecule has 0 fully saturated rings. The molecule has 0 radical (unpaired) electrons. The molecular weight excluding hydrogens is 333 g/mol. The van der Waals surface area contributed by atoms with Gasteiger partial charge in [-0.3, -0.25) is 0 Å². The highest BCUT2D eigenvalue weighted by molar-refractivity contribution is 5.95. The summed E-state index contributed by atoms with van der Waals surface area (Å²) in [5.74, 6) is -0.313. The fraction of sp³-hybridized carbons (Fsp3) is 0.100. The summed E-state index contributed by atoms with van der Waals surface area (Å²) in [6, 6.07) is 13.8. The highest BCUT2D eigenvalue weighted by Crippen LogP contribution is 2.37. The van der Waals surface area contributed by atoms with Gasteiger partial charge in [-0.25, -0.2) is 14.4 Å². The Morgan fingerprint density at radius 2 is 1.81 bits per heavy atom. The lowest BCUT2D eigenvalue weighted by Crippen LogP contribution is -1.94. The lowest BCUT2D eigenvalue weighted by Gasteiger charge is -2.08. The van der Waals surface area contributed by atoms with E-state index in [1.165, 1.54) is 18.5 Å². The van der Waals surface area contributed by atoms with Crippen molar-refractivity contribution in [3.63, 3.8) is 0 Å². The number of nitrogen functional groups attached to an aromatic ring is 1. The molecule has 2 aromatic carbocycles. The van der Waals surface area contributed by atoms with Crippen molar-refractivity contribution in [3.05, 3.63) is 66.9 Å². The lowest BCUT2D eigenvalue weighted by atomic mass is 10.1. The molecule has 0 atom stereocenters. The average molecular weight is 351 g/mol. The summed E-state index contributed by atoms with van der Waals surface area (Å²) in [5.41, 5.74) is 7.95. The van der Waals surface area contributed by atoms with Gasteiger partial charge in [-0.15, -0.1) is 0 Å². The van der Waals surface area contributed by atoms with E-state index in [2.05, 4.69) is 9.97 Å². The number of furan rings is 1. The predicted molar refractivity (Wildman–Crippen MR) is 99.5 cm³/mol. The zero-order chi connectivity index (χ0) is 18.5. The molecule has 0 aliphatic heterocycles. The largest absolute Gasteiger partial charge is 0.445 e. The molecule has 2 heterocycles. The van der Waals surface area contributed by atoms with Crippen molar-refractivity contribution < 1.29 is 13.5 Å². The number of hydrogen-bond acceptors (Lipinski definition) is 5. The van der Waals surface area contributed by atoms with Crippen LogP contribution in [0.3, 0.4) is 0 Å². The molecule has 4 rings (SSSR count). The SMILES string of the molecule is CC.Nc1ccc(Oc2ncnc3occ(-c4ccccc4)c23)c(F)c1. The third-order valence-electron chi connectivity index (χ3n) is 3.58. The molecule has 6 heteroatoms. The molecule has 0 aliphatic carbocycles. The van der Waals surface area contributed by atoms with Gasteiger partial charge in [0.15, 0.2) is 11.6 Å². The van der Waals surface area contributed by atoms with Crippen LogP contribution in [0.5, 0.6) is 11.6 Å². The van der Waals surface area contributed by atoms with Crippen molar-refractivity contribution in [2.24, 2.45) is 0 Å². The second-order valence-corrected chi connectivity index (χ2v) is 5.17. The number of fused-ring (bicyclic) bond motifs is 1. The van der Waals surface area contributed by atoms with Crippen molar-refractivity contribution in [1.29, 1.82) is 0 Å². The standard InChI is InChI=1S/C18H12FN3O2.C2H6/c19-14-8-12(20)6-7-15(14)24-18-16-13(11-4-2-1-3-5-11)9-23-17(16)21-10-22-18;1-2/h1-10H,20H2;1-2H3. The summed E-state index contributed by atoms with van der Waals surface area (Å²) >= 11 is 0. The van der Waals surface area contributed by atoms with Crippen LogP contribution < -0.4 is 10.5 Å². The number of benzene rings is 2. The van der Waals surface area contributed by atoms with Crippen LogP contribution in [0.2, 0.25) is 0 Å². The molecular formula is C20H18FN3O2. The van der Waals surface area contributed by atoms with Gasteiger partial charge >= 0.3 is 0 Å². The van der Waals surface area contributed by atoms with Crippen LogP contribution >= 0.6 is 0 Å². The molecule has 0 aliphatic rings. The Kier molecular flexibility index (Phi) is 5.12. The second-order valence-electron chi connectivity index (χ2n) is 5.17. The first kappa shape index (κ1) is 17.4. The number of ether oxygens (including phenoxy) is 1. The van der Waals surface area contributed by atoms with E-state index < -0.39 is 5.82 Å². The number of hydrogen-bond donors (Lipinski definition) is 1. The summed E-state index contributed by atoms with van der Waals surface area (Å²) in [6.07, 6.45) is 2.89. The van der Waals surface area contributed by atoms with Crippen molar-refractivity contribution in [2.75, 3.05) is 5.73 Å². The van der Waals surface area contributed by atoms with Crippen molar-refractivity contribution in [3.8, 4) is 22.8 Å². The average Bonchev–Trinajstić information content (AvgIpc) is 3.11. The first-order chi connectivity index (χ1) is 12.7. The summed E-state index contributed by atoms with van der Waals surface area (Å²) < 4.78 is 25.2. The summed E-state index contributed by atoms with van der Waals surface area (Å²) in [6.45, 7) is 4.00. The smallest absolute Gasteiger partial charge is 0.234 e. The summed E-state index contributed by atoms with van der Waals surface area (Å²) in [7, 11) is 0. The third-order valence-corrected chi connectivity index (χ3v) is 3.58. The highest BCUT2D eigenvalue weighted by Gasteiger charge is 2.17. The number of nitrogens with two attached hydrogens (primary N) is 1. The lowest BCUT2D eigenvalue weighted by molar-refractivity contribution is 0.431. The maximum absolute atomic E-state index is 14.0. The van der Waals surface area contributed by atoms with Gasteiger partial charge in [-0.1, -0.05) is 44.2 Å². The first-order valence-corrected chi connectivity index (χ1v) is 8.23. The Morgan fingerprint density at radius 1 is 1.04 bits per heavy atom. The molecule has 0 amide bonds. The van der Waals surface area contributed by atoms with E-state index in [4.69, 9.17) is 14.9 Å². The molecule has 2 aromatic heterocycles. The number of aromatic nitrogens is 2. The van der Waals surface area contributed by atoms with Gasteiger partial charge in [0.05, 0.1) is 0 Å². The van der Waals surface area contributed by atoms with Crippen molar-refractivity contribution in [1.82, 2.24) is 9.97 Å². The zero-order valence-electron chi connectivity index (χ0n) is 14.4. The second kappa shape index (κ2) is 7.65. The van der Waals surface area contributed by atoms with E-state index in [-0.39, 0.29) is 11.6 Å². The molecule has 0 bridgehead atoms. The molecule has 4 aromatic rings. The Bertz CT molecular complexity index is 1020. The van der Waals surface area contributed by atoms with Gasteiger partial charge in [0.25, 0.3) is 0 Å². The van der Waals surface area contributed by atoms with E-state index >= 15 is 0 Å². The molecule has 0 saturated heterocycles. The van der Waals surface area contributed by atoms with E-state index in [0.29, 0.717) is 16.8 Å². The number of nitrogens with zero attached hydrogens (tertiary/aromatic N) is 2. The topological polar surface area (TPSA) is 74.2 Å². The Hall–Kier alpha value is -3.41. The molecule has 0 unspecified atom stereocenters. The molecule has 2 N–H and O–H groups in total. The monoisotopic (exact) mass is 351 g/mol. The predicted octanol–water partition coefficient (Wildman–Crippen LogP) is 5.43. The van der Waals surface area contributed by atoms with Gasteiger partial charge in [0.2, 0.25) is 11.6 Å². The van der Waals surface area contributed by atoms with Crippen LogP contribution in [0.4, 0.5) is 10.1 Å². The number of anilines is 1. The molecule has 0 saturated carbocycles. The number of rotatable bonds is 3. The Labute approximate surface area is 150 Å². The van der Waals surface area contributed by atoms with Gasteiger partial charge in [-0.05, 0) is 17.7 Å². The minimum Gasteiger partial charge on any atom is -0.445 e. The fourth-order valence-corrected chi connectivity index (χ4v) is 2.46. The van der Waals surface area contributed by atoms with Crippen LogP contribution in [0.15, 0.2) is 65.5 Å². The fourth-order valence-electron chi connectivity index (χ4n) is 2.46. The van der Waals surface area contributed by atoms with Crippen molar-refractivity contribution >= 4 is 16.8 Å². The maximum atomic E-state index is 14.0. The molecule has 0 spiro atoms. The number of halogens is 1. The van der Waals surface area contributed by atoms with E-state index in [1.54, 1.807) is 12.3 Å². The quantitative estimate of drug-likeness (QED) is 0.498. The van der Waals surface area contributed by atoms with Gasteiger partial charge < -0.3 is 14.9 Å². The van der Waals surface area contributed by atoms with Crippen LogP contribution in [-0.4, -0.2) is 9.97 Å². The molecule has 26 heavy (non-hydrogen) atoms. The van der Waals surface area contributed by atoms with Gasteiger partial charge in [0, 0.05) is 17.3 Å². The van der Waals surface area contributed by atoms with Gasteiger partial charge in [-0.2, -0.15) is 0 Å². The van der Waals surface area contributed by atoms with E-state index in [9.17, 15) is 4.39 Å². The van der Waals surface area contributed by atoms with Crippen LogP contribution in [-0.2, 0) is 0 Å². The zero-order valence-corrected chi connectivity index (χ0v) is 14.4. The molecule has 5 nitrogen and oxygen atoms in total. The minimum atomic E-state index is -0.563. The third kappa shape index (κ3) is 3.35. The van der Waals surface area contributed by atoms with Crippen molar-refractivity contribution in [2.45, 2.75) is 13.8 Å². The minimum absolute atomic E-state index is 0.0319. The molecule has 132 valence electrons. The van der Waals surface area contributed by atoms with Crippen LogP contribution in [0, 0.1) is 5.82 Å². The Morgan fingerprint density at radius 3 is 2.54 bits per heavy atom. The van der Waals surface area contributed by atoms with Gasteiger partial charge in [0.1, 0.15) is 18.0 Å². The van der Waals surface area contributed by atoms with Crippen LogP contribution in [0.25, 0.3) is 22.2 Å². The Balaban J connectivity index is 0.000000948. The maximum Gasteiger partial charge on any atom is 0.234 e. The normalized spacial score (nSPS) is 10.3.